The summed E-state index contributed by atoms with van der Waals surface area (Å²) in [6.07, 6.45) is -2.37. The van der Waals surface area contributed by atoms with Gasteiger partial charge in [-0.25, -0.2) is 9.97 Å². The third-order valence-corrected chi connectivity index (χ3v) is 4.20. The molecular weight excluding hydrogens is 374 g/mol. The van der Waals surface area contributed by atoms with Gasteiger partial charge in [0.25, 0.3) is 0 Å². The quantitative estimate of drug-likeness (QED) is 0.483. The van der Waals surface area contributed by atoms with Crippen LogP contribution in [0.25, 0.3) is 0 Å². The summed E-state index contributed by atoms with van der Waals surface area (Å²) in [7, 11) is 0. The molecule has 1 saturated heterocycles. The molecule has 152 valence electrons. The first-order valence-electron chi connectivity index (χ1n) is 8.52. The first-order valence-corrected chi connectivity index (χ1v) is 8.52. The molecule has 1 fully saturated rings. The minimum Gasteiger partial charge on any atom is -0.463 e. The number of carbonyl (C=O) groups is 3. The van der Waals surface area contributed by atoms with Gasteiger partial charge in [0.05, 0.1) is 6.67 Å². The lowest BCUT2D eigenvalue weighted by molar-refractivity contribution is -0.165. The molecule has 1 aromatic rings. The van der Waals surface area contributed by atoms with Crippen LogP contribution in [0.4, 0.5) is 17.3 Å². The number of fused-ring (bicyclic) bond motifs is 1. The van der Waals surface area contributed by atoms with Gasteiger partial charge in [0.15, 0.2) is 30.1 Å². The Kier molecular flexibility index (Phi) is 5.49. The van der Waals surface area contributed by atoms with Gasteiger partial charge in [-0.05, 0) is 0 Å². The van der Waals surface area contributed by atoms with Crippen molar-refractivity contribution in [3.8, 4) is 0 Å². The van der Waals surface area contributed by atoms with Crippen molar-refractivity contribution in [3.63, 3.8) is 0 Å². The fraction of sp³-hybridized carbons (Fsp3) is 0.562. The second-order valence-corrected chi connectivity index (χ2v) is 6.28. The highest BCUT2D eigenvalue weighted by molar-refractivity contribution is 5.80. The monoisotopic (exact) mass is 395 g/mol. The zero-order chi connectivity index (χ0) is 20.4. The second-order valence-electron chi connectivity index (χ2n) is 6.28. The van der Waals surface area contributed by atoms with Gasteiger partial charge in [-0.15, -0.1) is 0 Å². The van der Waals surface area contributed by atoms with Crippen molar-refractivity contribution in [1.29, 1.82) is 0 Å². The van der Waals surface area contributed by atoms with Crippen molar-refractivity contribution in [2.45, 2.75) is 45.3 Å². The van der Waals surface area contributed by atoms with E-state index in [0.29, 0.717) is 11.5 Å². The van der Waals surface area contributed by atoms with Gasteiger partial charge in [-0.3, -0.25) is 14.4 Å². The Hall–Kier alpha value is -3.15. The van der Waals surface area contributed by atoms with Crippen molar-refractivity contribution >= 4 is 35.2 Å². The van der Waals surface area contributed by atoms with Gasteiger partial charge in [0, 0.05) is 20.8 Å². The molecule has 0 amide bonds. The number of nitrogens with one attached hydrogen (secondary N) is 1. The molecule has 3 N–H and O–H groups in total. The number of hydrogen-bond acceptors (Lipinski definition) is 12. The Balaban J connectivity index is 1.92. The van der Waals surface area contributed by atoms with E-state index in [1.807, 2.05) is 0 Å². The van der Waals surface area contributed by atoms with Gasteiger partial charge in [-0.1, -0.05) is 0 Å². The van der Waals surface area contributed by atoms with E-state index >= 15 is 0 Å². The zero-order valence-corrected chi connectivity index (χ0v) is 15.6. The Bertz CT molecular complexity index is 789. The average Bonchev–Trinajstić information content (AvgIpc) is 3.16. The molecule has 4 atom stereocenters. The minimum atomic E-state index is -0.981. The first-order chi connectivity index (χ1) is 13.3. The molecule has 1 aromatic heterocycles. The molecule has 0 spiro atoms. The number of nitrogens with zero attached hydrogens (tertiary/aromatic N) is 3. The molecule has 0 saturated carbocycles. The van der Waals surface area contributed by atoms with Crippen molar-refractivity contribution in [2.24, 2.45) is 0 Å². The lowest BCUT2D eigenvalue weighted by Crippen LogP contribution is -2.47. The van der Waals surface area contributed by atoms with Gasteiger partial charge in [0.1, 0.15) is 24.7 Å². The number of anilines is 3. The number of aromatic nitrogens is 2. The predicted molar refractivity (Wildman–Crippen MR) is 93.8 cm³/mol. The predicted octanol–water partition coefficient (Wildman–Crippen LogP) is -0.600. The summed E-state index contributed by atoms with van der Waals surface area (Å²) < 4.78 is 21.7. The van der Waals surface area contributed by atoms with E-state index in [9.17, 15) is 14.4 Å². The molecule has 2 aliphatic rings. The van der Waals surface area contributed by atoms with Crippen molar-refractivity contribution in [1.82, 2.24) is 9.97 Å². The summed E-state index contributed by atoms with van der Waals surface area (Å²) in [4.78, 5) is 44.3. The van der Waals surface area contributed by atoms with Crippen LogP contribution in [0, 0.1) is 0 Å². The highest BCUT2D eigenvalue weighted by atomic mass is 16.7. The van der Waals surface area contributed by atoms with Crippen LogP contribution >= 0.6 is 0 Å². The van der Waals surface area contributed by atoms with E-state index < -0.39 is 42.4 Å². The van der Waals surface area contributed by atoms with Crippen molar-refractivity contribution in [3.05, 3.63) is 6.33 Å². The fourth-order valence-electron chi connectivity index (χ4n) is 3.17. The molecule has 12 nitrogen and oxygen atoms in total. The van der Waals surface area contributed by atoms with Gasteiger partial charge in [-0.2, -0.15) is 0 Å². The smallest absolute Gasteiger partial charge is 0.303 e. The Morgan fingerprint density at radius 1 is 1.18 bits per heavy atom. The summed E-state index contributed by atoms with van der Waals surface area (Å²) in [5.74, 6) is -0.998. The van der Waals surface area contributed by atoms with Crippen LogP contribution in [0.1, 0.15) is 20.8 Å². The number of ether oxygens (including phenoxy) is 4. The van der Waals surface area contributed by atoms with Crippen LogP contribution in [0.3, 0.4) is 0 Å². The van der Waals surface area contributed by atoms with E-state index in [-0.39, 0.29) is 19.1 Å². The lowest BCUT2D eigenvalue weighted by Gasteiger charge is -2.29. The van der Waals surface area contributed by atoms with Crippen LogP contribution in [0.15, 0.2) is 6.33 Å². The zero-order valence-electron chi connectivity index (χ0n) is 15.6. The molecule has 2 aliphatic heterocycles. The van der Waals surface area contributed by atoms with E-state index in [1.165, 1.54) is 27.1 Å². The molecule has 0 aromatic carbocycles. The maximum atomic E-state index is 11.7. The number of nitrogens with two attached hydrogens (primary N) is 1. The average molecular weight is 395 g/mol. The van der Waals surface area contributed by atoms with E-state index in [4.69, 9.17) is 24.7 Å². The van der Waals surface area contributed by atoms with Crippen molar-refractivity contribution < 1.29 is 33.3 Å². The topological polar surface area (TPSA) is 155 Å². The van der Waals surface area contributed by atoms with E-state index in [1.54, 1.807) is 4.90 Å². The van der Waals surface area contributed by atoms with E-state index in [2.05, 4.69) is 15.3 Å². The number of hydrogen-bond donors (Lipinski definition) is 2. The number of esters is 3. The molecule has 3 heterocycles. The van der Waals surface area contributed by atoms with Crippen LogP contribution < -0.4 is 16.0 Å². The molecule has 0 radical (unpaired) electrons. The van der Waals surface area contributed by atoms with Crippen LogP contribution in [0.2, 0.25) is 0 Å². The molecule has 0 bridgehead atoms. The van der Waals surface area contributed by atoms with Crippen molar-refractivity contribution in [2.75, 3.05) is 29.2 Å². The lowest BCUT2D eigenvalue weighted by atomic mass is 10.1. The molecule has 0 aliphatic carbocycles. The third kappa shape index (κ3) is 3.91. The van der Waals surface area contributed by atoms with E-state index in [0.717, 1.165) is 0 Å². The van der Waals surface area contributed by atoms with Gasteiger partial charge >= 0.3 is 17.9 Å². The second kappa shape index (κ2) is 7.84. The highest BCUT2D eigenvalue weighted by Gasteiger charge is 2.53. The fourth-order valence-corrected chi connectivity index (χ4v) is 3.17. The van der Waals surface area contributed by atoms with Crippen LogP contribution in [-0.4, -0.2) is 65.7 Å². The van der Waals surface area contributed by atoms with Gasteiger partial charge in [0.2, 0.25) is 0 Å². The molecular formula is C16H21N5O7. The number of nitrogen functional groups attached to an aromatic ring is 1. The first kappa shape index (κ1) is 19.6. The van der Waals surface area contributed by atoms with Gasteiger partial charge < -0.3 is 34.9 Å². The van der Waals surface area contributed by atoms with Crippen LogP contribution in [-0.2, 0) is 33.3 Å². The Labute approximate surface area is 160 Å². The Morgan fingerprint density at radius 3 is 2.50 bits per heavy atom. The number of carbonyl (C=O) groups excluding carboxylic acids is 3. The standard InChI is InChI=1S/C16H21N5O7/c1-7(22)25-4-10-12(26-8(2)23)13(27-9(3)24)16(28-10)21-6-20-11-14(17)18-5-19-15(11)21/h5,10,12-13,16,20H,4,6H2,1-3H3,(H2,17,18,19)/t10-,12+,13-,16-/m0/s1. The summed E-state index contributed by atoms with van der Waals surface area (Å²) >= 11 is 0. The highest BCUT2D eigenvalue weighted by Crippen LogP contribution is 2.38. The third-order valence-electron chi connectivity index (χ3n) is 4.20. The molecule has 28 heavy (non-hydrogen) atoms. The summed E-state index contributed by atoms with van der Waals surface area (Å²) in [5, 5.41) is 3.05. The molecule has 12 heteroatoms. The maximum absolute atomic E-state index is 11.7. The summed E-state index contributed by atoms with van der Waals surface area (Å²) in [5.41, 5.74) is 6.37. The summed E-state index contributed by atoms with van der Waals surface area (Å²) in [6.45, 7) is 3.77. The largest absolute Gasteiger partial charge is 0.463 e. The molecule has 0 unspecified atom stereocenters. The molecule has 3 rings (SSSR count). The SMILES string of the molecule is CC(=O)OC[C@@H]1O[C@H](N2CNc3c(N)ncnc32)[C@@H](OC(C)=O)[C@@H]1OC(C)=O. The maximum Gasteiger partial charge on any atom is 0.303 e. The number of rotatable bonds is 5. The summed E-state index contributed by atoms with van der Waals surface area (Å²) in [6, 6.07) is 0. The Morgan fingerprint density at radius 2 is 1.86 bits per heavy atom. The normalized spacial score (nSPS) is 25.6. The minimum absolute atomic E-state index is 0.179. The van der Waals surface area contributed by atoms with Crippen LogP contribution in [0.5, 0.6) is 0 Å².